The number of aldehydes is 1. The second kappa shape index (κ2) is 7.41. The van der Waals surface area contributed by atoms with Crippen LogP contribution < -0.4 is 0 Å². The van der Waals surface area contributed by atoms with E-state index in [0.29, 0.717) is 12.4 Å². The van der Waals surface area contributed by atoms with Crippen molar-refractivity contribution in [3.63, 3.8) is 0 Å². The number of unbranched alkanes of at least 4 members (excludes halogenated alkanes) is 1. The van der Waals surface area contributed by atoms with Crippen LogP contribution in [-0.4, -0.2) is 23.5 Å². The zero-order chi connectivity index (χ0) is 12.6. The lowest BCUT2D eigenvalue weighted by atomic mass is 10.1. The molecule has 1 N–H and O–H groups in total. The van der Waals surface area contributed by atoms with Crippen molar-refractivity contribution < 1.29 is 14.3 Å². The average molecular weight is 254 g/mol. The highest BCUT2D eigenvalue weighted by atomic mass is 31.2. The largest absolute Gasteiger partial charge is 0.344 e. The summed E-state index contributed by atoms with van der Waals surface area (Å²) in [5.74, 6) is 0. The Labute approximate surface area is 102 Å². The lowest BCUT2D eigenvalue weighted by molar-refractivity contribution is -0.107. The van der Waals surface area contributed by atoms with Crippen LogP contribution in [0.25, 0.3) is 0 Å². The predicted octanol–water partition coefficient (Wildman–Crippen LogP) is 2.87. The number of hydrogen-bond donors (Lipinski definition) is 1. The summed E-state index contributed by atoms with van der Waals surface area (Å²) in [5, 5.41) is 0. The van der Waals surface area contributed by atoms with Gasteiger partial charge >= 0.3 is 0 Å². The molecule has 1 rings (SSSR count). The average Bonchev–Trinajstić information content (AvgIpc) is 2.34. The standard InChI is InChI=1S/C13H19O3P/c14-10-6-12-17(15,16)11-5-4-9-13-7-2-1-3-8-13/h1-3,7-8,10H,4-6,9,11-12H2,(H,15,16). The van der Waals surface area contributed by atoms with Crippen molar-refractivity contribution in [2.75, 3.05) is 12.3 Å². The molecular weight excluding hydrogens is 235 g/mol. The van der Waals surface area contributed by atoms with Gasteiger partial charge in [0.05, 0.1) is 0 Å². The van der Waals surface area contributed by atoms with Gasteiger partial charge in [0.15, 0.2) is 0 Å². The van der Waals surface area contributed by atoms with Crippen LogP contribution in [0.4, 0.5) is 0 Å². The second-order valence-corrected chi connectivity index (χ2v) is 6.78. The number of aryl methyl sites for hydroxylation is 1. The molecule has 1 atom stereocenters. The summed E-state index contributed by atoms with van der Waals surface area (Å²) < 4.78 is 11.6. The van der Waals surface area contributed by atoms with Crippen LogP contribution in [0, 0.1) is 0 Å². The highest BCUT2D eigenvalue weighted by Crippen LogP contribution is 2.41. The van der Waals surface area contributed by atoms with E-state index >= 15 is 0 Å². The minimum Gasteiger partial charge on any atom is -0.344 e. The van der Waals surface area contributed by atoms with Gasteiger partial charge in [0.25, 0.3) is 0 Å². The highest BCUT2D eigenvalue weighted by Gasteiger charge is 2.16. The van der Waals surface area contributed by atoms with Crippen LogP contribution in [0.1, 0.15) is 24.8 Å². The Balaban J connectivity index is 2.20. The summed E-state index contributed by atoms with van der Waals surface area (Å²) in [4.78, 5) is 19.7. The molecule has 3 nitrogen and oxygen atoms in total. The molecule has 0 bridgehead atoms. The van der Waals surface area contributed by atoms with Gasteiger partial charge in [0, 0.05) is 18.7 Å². The first-order valence-corrected chi connectivity index (χ1v) is 7.95. The van der Waals surface area contributed by atoms with Gasteiger partial charge in [-0.05, 0) is 24.8 Å². The fourth-order valence-electron chi connectivity index (χ4n) is 1.70. The molecule has 1 aromatic carbocycles. The molecule has 0 amide bonds. The second-order valence-electron chi connectivity index (χ2n) is 4.19. The molecule has 4 heteroatoms. The monoisotopic (exact) mass is 254 g/mol. The summed E-state index contributed by atoms with van der Waals surface area (Å²) in [6, 6.07) is 10.1. The van der Waals surface area contributed by atoms with Crippen molar-refractivity contribution in [2.24, 2.45) is 0 Å². The predicted molar refractivity (Wildman–Crippen MR) is 69.6 cm³/mol. The molecule has 0 heterocycles. The molecular formula is C13H19O3P. The van der Waals surface area contributed by atoms with E-state index < -0.39 is 7.37 Å². The van der Waals surface area contributed by atoms with Crippen LogP contribution >= 0.6 is 7.37 Å². The minimum absolute atomic E-state index is 0.127. The third kappa shape index (κ3) is 6.40. The molecule has 0 aliphatic rings. The molecule has 0 radical (unpaired) electrons. The fourth-order valence-corrected chi connectivity index (χ4v) is 3.15. The van der Waals surface area contributed by atoms with E-state index in [1.807, 2.05) is 18.2 Å². The Hall–Kier alpha value is -0.920. The fraction of sp³-hybridized carbons (Fsp3) is 0.462. The minimum atomic E-state index is -3.06. The van der Waals surface area contributed by atoms with Gasteiger partial charge in [-0.1, -0.05) is 30.3 Å². The van der Waals surface area contributed by atoms with E-state index in [1.54, 1.807) is 0 Å². The number of rotatable bonds is 8. The Morgan fingerprint density at radius 3 is 2.47 bits per heavy atom. The molecule has 0 aliphatic carbocycles. The summed E-state index contributed by atoms with van der Waals surface area (Å²) in [6.45, 7) is 0. The van der Waals surface area contributed by atoms with Crippen molar-refractivity contribution in [1.29, 1.82) is 0 Å². The molecule has 0 aromatic heterocycles. The summed E-state index contributed by atoms with van der Waals surface area (Å²) in [6.07, 6.45) is 3.93. The smallest absolute Gasteiger partial charge is 0.201 e. The van der Waals surface area contributed by atoms with Crippen LogP contribution in [-0.2, 0) is 15.8 Å². The molecule has 0 fully saturated rings. The molecule has 0 spiro atoms. The maximum atomic E-state index is 11.6. The first kappa shape index (κ1) is 14.1. The summed E-state index contributed by atoms with van der Waals surface area (Å²) in [5.41, 5.74) is 1.26. The van der Waals surface area contributed by atoms with E-state index in [4.69, 9.17) is 0 Å². The maximum absolute atomic E-state index is 11.6. The Morgan fingerprint density at radius 1 is 1.12 bits per heavy atom. The van der Waals surface area contributed by atoms with E-state index in [9.17, 15) is 14.3 Å². The van der Waals surface area contributed by atoms with Crippen LogP contribution in [0.5, 0.6) is 0 Å². The Morgan fingerprint density at radius 2 is 1.82 bits per heavy atom. The molecule has 0 saturated heterocycles. The van der Waals surface area contributed by atoms with E-state index in [1.165, 1.54) is 5.56 Å². The van der Waals surface area contributed by atoms with Gasteiger partial charge in [-0.25, -0.2) is 0 Å². The zero-order valence-corrected chi connectivity index (χ0v) is 10.8. The summed E-state index contributed by atoms with van der Waals surface area (Å²) >= 11 is 0. The normalized spacial score (nSPS) is 14.2. The van der Waals surface area contributed by atoms with Gasteiger partial charge in [0.1, 0.15) is 6.29 Å². The third-order valence-corrected chi connectivity index (χ3v) is 4.63. The number of carbonyl (C=O) groups excluding carboxylic acids is 1. The zero-order valence-electron chi connectivity index (χ0n) is 9.92. The van der Waals surface area contributed by atoms with Crippen molar-refractivity contribution in [3.05, 3.63) is 35.9 Å². The third-order valence-electron chi connectivity index (χ3n) is 2.66. The van der Waals surface area contributed by atoms with Crippen molar-refractivity contribution in [3.8, 4) is 0 Å². The first-order chi connectivity index (χ1) is 8.14. The molecule has 1 aromatic rings. The molecule has 1 unspecified atom stereocenters. The van der Waals surface area contributed by atoms with Gasteiger partial charge < -0.3 is 9.69 Å². The number of carbonyl (C=O) groups is 1. The number of benzene rings is 1. The van der Waals surface area contributed by atoms with Crippen molar-refractivity contribution in [2.45, 2.75) is 25.7 Å². The van der Waals surface area contributed by atoms with Crippen molar-refractivity contribution >= 4 is 13.7 Å². The van der Waals surface area contributed by atoms with Crippen LogP contribution in [0.3, 0.4) is 0 Å². The van der Waals surface area contributed by atoms with Gasteiger partial charge in [-0.15, -0.1) is 0 Å². The molecule has 17 heavy (non-hydrogen) atoms. The van der Waals surface area contributed by atoms with E-state index in [0.717, 1.165) is 19.3 Å². The van der Waals surface area contributed by atoms with E-state index in [2.05, 4.69) is 12.1 Å². The Bertz CT molecular complexity index is 376. The first-order valence-electron chi connectivity index (χ1n) is 5.92. The molecule has 0 aliphatic heterocycles. The Kier molecular flexibility index (Phi) is 6.17. The lowest BCUT2D eigenvalue weighted by Gasteiger charge is -2.09. The van der Waals surface area contributed by atoms with Crippen LogP contribution in [0.15, 0.2) is 30.3 Å². The van der Waals surface area contributed by atoms with Gasteiger partial charge in [-0.3, -0.25) is 4.57 Å². The SMILES string of the molecule is O=CCCP(=O)(O)CCCCc1ccccc1. The van der Waals surface area contributed by atoms with Gasteiger partial charge in [0.2, 0.25) is 7.37 Å². The molecule has 94 valence electrons. The quantitative estimate of drug-likeness (QED) is 0.441. The summed E-state index contributed by atoms with van der Waals surface area (Å²) in [7, 11) is -3.06. The van der Waals surface area contributed by atoms with Gasteiger partial charge in [-0.2, -0.15) is 0 Å². The molecule has 0 saturated carbocycles. The topological polar surface area (TPSA) is 54.4 Å². The van der Waals surface area contributed by atoms with E-state index in [-0.39, 0.29) is 12.6 Å². The van der Waals surface area contributed by atoms with Crippen molar-refractivity contribution in [1.82, 2.24) is 0 Å². The maximum Gasteiger partial charge on any atom is 0.201 e. The van der Waals surface area contributed by atoms with Crippen LogP contribution in [0.2, 0.25) is 0 Å². The number of hydrogen-bond acceptors (Lipinski definition) is 2. The highest BCUT2D eigenvalue weighted by molar-refractivity contribution is 7.58. The lowest BCUT2D eigenvalue weighted by Crippen LogP contribution is -1.96.